The van der Waals surface area contributed by atoms with Gasteiger partial charge in [-0.15, -0.1) is 0 Å². The fourth-order valence-electron chi connectivity index (χ4n) is 3.04. The molecule has 1 heterocycles. The highest BCUT2D eigenvalue weighted by molar-refractivity contribution is 7.89. The molecule has 9 nitrogen and oxygen atoms in total. The molecule has 32 heavy (non-hydrogen) atoms. The van der Waals surface area contributed by atoms with E-state index in [4.69, 9.17) is 14.6 Å². The molecule has 0 saturated heterocycles. The first-order valence-electron chi connectivity index (χ1n) is 9.77. The van der Waals surface area contributed by atoms with Crippen molar-refractivity contribution in [1.82, 2.24) is 0 Å². The van der Waals surface area contributed by atoms with Crippen LogP contribution in [0.3, 0.4) is 0 Å². The van der Waals surface area contributed by atoms with Gasteiger partial charge in [-0.2, -0.15) is 10.1 Å². The van der Waals surface area contributed by atoms with Crippen molar-refractivity contribution in [3.63, 3.8) is 0 Å². The van der Waals surface area contributed by atoms with Crippen LogP contribution >= 0.6 is 0 Å². The second-order valence-corrected chi connectivity index (χ2v) is 8.60. The summed E-state index contributed by atoms with van der Waals surface area (Å²) in [6, 6.07) is 10.5. The van der Waals surface area contributed by atoms with Crippen molar-refractivity contribution >= 4 is 39.4 Å². The first-order valence-corrected chi connectivity index (χ1v) is 11.3. The smallest absolute Gasteiger partial charge is 0.311 e. The number of rotatable bonds is 7. The van der Waals surface area contributed by atoms with Crippen molar-refractivity contribution < 1.29 is 27.5 Å². The predicted molar refractivity (Wildman–Crippen MR) is 120 cm³/mol. The van der Waals surface area contributed by atoms with E-state index in [0.29, 0.717) is 46.9 Å². The standard InChI is InChI=1S/C22H23N3O6S/c1-4-5-21(26)31-19-11-6-15(13-20(19)30-3)12-18-14(2)24-25(22(18)27)16-7-9-17(10-8-16)32(23,28)29/h6-13H,4-5H2,1-3H3,(H2,23,28,29)/b18-12-. The Hall–Kier alpha value is -3.50. The molecule has 0 bridgehead atoms. The average Bonchev–Trinajstić information content (AvgIpc) is 3.02. The lowest BCUT2D eigenvalue weighted by Gasteiger charge is -2.12. The summed E-state index contributed by atoms with van der Waals surface area (Å²) in [5.41, 5.74) is 1.91. The number of hydrogen-bond acceptors (Lipinski definition) is 7. The number of ether oxygens (including phenoxy) is 2. The van der Waals surface area contributed by atoms with Gasteiger partial charge in [0.2, 0.25) is 10.0 Å². The third kappa shape index (κ3) is 5.04. The molecule has 168 valence electrons. The fourth-order valence-corrected chi connectivity index (χ4v) is 3.55. The number of anilines is 1. The van der Waals surface area contributed by atoms with Crippen molar-refractivity contribution in [1.29, 1.82) is 0 Å². The van der Waals surface area contributed by atoms with Crippen LogP contribution in [0.2, 0.25) is 0 Å². The summed E-state index contributed by atoms with van der Waals surface area (Å²) in [5, 5.41) is 10.6. The number of sulfonamides is 1. The Labute approximate surface area is 186 Å². The van der Waals surface area contributed by atoms with Gasteiger partial charge in [0.25, 0.3) is 5.91 Å². The fraction of sp³-hybridized carbons (Fsp3) is 0.227. The molecule has 0 radical (unpaired) electrons. The Bertz CT molecular complexity index is 1220. The van der Waals surface area contributed by atoms with Gasteiger partial charge in [0.05, 0.1) is 29.0 Å². The molecule has 0 aliphatic carbocycles. The van der Waals surface area contributed by atoms with Crippen molar-refractivity contribution in [2.45, 2.75) is 31.6 Å². The maximum atomic E-state index is 12.9. The maximum Gasteiger partial charge on any atom is 0.311 e. The molecule has 0 saturated carbocycles. The molecule has 2 aromatic rings. The Balaban J connectivity index is 1.86. The molecule has 1 aliphatic rings. The zero-order valence-corrected chi connectivity index (χ0v) is 18.7. The molecule has 2 aromatic carbocycles. The van der Waals surface area contributed by atoms with E-state index in [-0.39, 0.29) is 16.8 Å². The molecule has 2 N–H and O–H groups in total. The van der Waals surface area contributed by atoms with Gasteiger partial charge in [-0.3, -0.25) is 9.59 Å². The number of esters is 1. The van der Waals surface area contributed by atoms with E-state index in [1.807, 2.05) is 6.92 Å². The van der Waals surface area contributed by atoms with E-state index in [1.165, 1.54) is 36.4 Å². The van der Waals surface area contributed by atoms with E-state index in [0.717, 1.165) is 0 Å². The number of carbonyl (C=O) groups is 2. The van der Waals surface area contributed by atoms with Gasteiger partial charge in [0.1, 0.15) is 0 Å². The van der Waals surface area contributed by atoms with Crippen LogP contribution in [0, 0.1) is 0 Å². The molecular formula is C22H23N3O6S. The largest absolute Gasteiger partial charge is 0.493 e. The van der Waals surface area contributed by atoms with Crippen molar-refractivity contribution in [2.75, 3.05) is 12.1 Å². The van der Waals surface area contributed by atoms with Crippen LogP contribution in [-0.2, 0) is 19.6 Å². The number of nitrogens with two attached hydrogens (primary N) is 1. The molecule has 0 unspecified atom stereocenters. The minimum absolute atomic E-state index is 0.0591. The minimum atomic E-state index is -3.83. The summed E-state index contributed by atoms with van der Waals surface area (Å²) >= 11 is 0. The number of primary sulfonamides is 1. The van der Waals surface area contributed by atoms with Crippen molar-refractivity contribution in [3.8, 4) is 11.5 Å². The van der Waals surface area contributed by atoms with Crippen molar-refractivity contribution in [2.24, 2.45) is 10.2 Å². The molecule has 1 aliphatic heterocycles. The van der Waals surface area contributed by atoms with Gasteiger partial charge < -0.3 is 9.47 Å². The monoisotopic (exact) mass is 457 g/mol. The van der Waals surface area contributed by atoms with Crippen LogP contribution in [0.15, 0.2) is 58.0 Å². The number of hydrazone groups is 1. The van der Waals surface area contributed by atoms with E-state index in [2.05, 4.69) is 5.10 Å². The zero-order chi connectivity index (χ0) is 23.5. The lowest BCUT2D eigenvalue weighted by molar-refractivity contribution is -0.134. The normalized spacial score (nSPS) is 15.1. The Morgan fingerprint density at radius 1 is 1.16 bits per heavy atom. The number of amides is 1. The summed E-state index contributed by atoms with van der Waals surface area (Å²) < 4.78 is 33.5. The Morgan fingerprint density at radius 2 is 1.84 bits per heavy atom. The van der Waals surface area contributed by atoms with Gasteiger partial charge in [-0.1, -0.05) is 13.0 Å². The number of methoxy groups -OCH3 is 1. The summed E-state index contributed by atoms with van der Waals surface area (Å²) in [7, 11) is -2.37. The van der Waals surface area contributed by atoms with Crippen LogP contribution in [0.4, 0.5) is 5.69 Å². The molecule has 0 spiro atoms. The molecule has 0 aromatic heterocycles. The minimum Gasteiger partial charge on any atom is -0.493 e. The van der Waals surface area contributed by atoms with Gasteiger partial charge in [-0.25, -0.2) is 13.6 Å². The van der Waals surface area contributed by atoms with E-state index < -0.39 is 10.0 Å². The summed E-state index contributed by atoms with van der Waals surface area (Å²) in [6.07, 6.45) is 2.63. The molecule has 1 amide bonds. The molecule has 0 fully saturated rings. The third-order valence-corrected chi connectivity index (χ3v) is 5.58. The highest BCUT2D eigenvalue weighted by Gasteiger charge is 2.29. The van der Waals surface area contributed by atoms with Gasteiger partial charge in [-0.05, 0) is 61.4 Å². The van der Waals surface area contributed by atoms with Crippen LogP contribution in [0.1, 0.15) is 32.3 Å². The highest BCUT2D eigenvalue weighted by Crippen LogP contribution is 2.31. The number of nitrogens with zero attached hydrogens (tertiary/aromatic N) is 2. The Kier molecular flexibility index (Phi) is 6.75. The summed E-state index contributed by atoms with van der Waals surface area (Å²) in [6.45, 7) is 3.58. The van der Waals surface area contributed by atoms with Gasteiger partial charge >= 0.3 is 5.97 Å². The molecule has 10 heteroatoms. The summed E-state index contributed by atoms with van der Waals surface area (Å²) in [4.78, 5) is 24.7. The number of hydrogen-bond donors (Lipinski definition) is 1. The Morgan fingerprint density at radius 3 is 2.44 bits per heavy atom. The van der Waals surface area contributed by atoms with Gasteiger partial charge in [0.15, 0.2) is 11.5 Å². The van der Waals surface area contributed by atoms with Crippen LogP contribution < -0.4 is 19.6 Å². The summed E-state index contributed by atoms with van der Waals surface area (Å²) in [5.74, 6) is -0.0645. The first kappa shape index (κ1) is 23.2. The molecular weight excluding hydrogens is 434 g/mol. The lowest BCUT2D eigenvalue weighted by Crippen LogP contribution is -2.21. The van der Waals surface area contributed by atoms with Crippen LogP contribution in [0.5, 0.6) is 11.5 Å². The quantitative estimate of drug-likeness (QED) is 0.387. The average molecular weight is 458 g/mol. The second kappa shape index (κ2) is 9.33. The maximum absolute atomic E-state index is 12.9. The molecule has 0 atom stereocenters. The van der Waals surface area contributed by atoms with Gasteiger partial charge in [0, 0.05) is 6.42 Å². The van der Waals surface area contributed by atoms with E-state index >= 15 is 0 Å². The zero-order valence-electron chi connectivity index (χ0n) is 17.9. The predicted octanol–water partition coefficient (Wildman–Crippen LogP) is 2.85. The second-order valence-electron chi connectivity index (χ2n) is 7.03. The van der Waals surface area contributed by atoms with Crippen molar-refractivity contribution in [3.05, 3.63) is 53.6 Å². The molecule has 3 rings (SSSR count). The van der Waals surface area contributed by atoms with Crippen LogP contribution in [-0.4, -0.2) is 33.1 Å². The third-order valence-electron chi connectivity index (χ3n) is 4.65. The number of carbonyl (C=O) groups excluding carboxylic acids is 2. The first-order chi connectivity index (χ1) is 15.1. The number of benzene rings is 2. The van der Waals surface area contributed by atoms with E-state index in [9.17, 15) is 18.0 Å². The lowest BCUT2D eigenvalue weighted by atomic mass is 10.1. The van der Waals surface area contributed by atoms with Crippen LogP contribution in [0.25, 0.3) is 6.08 Å². The topological polar surface area (TPSA) is 128 Å². The highest BCUT2D eigenvalue weighted by atomic mass is 32.2. The van der Waals surface area contributed by atoms with E-state index in [1.54, 1.807) is 31.2 Å². The SMILES string of the molecule is CCCC(=O)Oc1ccc(/C=C2\C(=O)N(c3ccc(S(N)(=O)=O)cc3)N=C2C)cc1OC.